The number of fused-ring (bicyclic) bond motifs is 11. The largest absolute Gasteiger partial charge is 0.335 e. The average molecular weight is 1020 g/mol. The Morgan fingerprint density at radius 1 is 0.429 bits per heavy atom. The lowest BCUT2D eigenvalue weighted by Gasteiger charge is -2.54. The van der Waals surface area contributed by atoms with Crippen molar-refractivity contribution in [1.29, 1.82) is 0 Å². The molecule has 0 bridgehead atoms. The minimum Gasteiger partial charge on any atom is -0.335 e. The molecule has 0 spiro atoms. The second-order valence-electron chi connectivity index (χ2n) is 30.9. The molecule has 2 saturated carbocycles. The van der Waals surface area contributed by atoms with E-state index in [1.54, 1.807) is 11.1 Å². The molecular formula is C73H88BN3. The van der Waals surface area contributed by atoms with Gasteiger partial charge in [-0.1, -0.05) is 215 Å². The molecule has 4 atom stereocenters. The summed E-state index contributed by atoms with van der Waals surface area (Å²) in [4.78, 5) is 8.77. The summed E-state index contributed by atoms with van der Waals surface area (Å²) in [7, 11) is 0. The van der Waals surface area contributed by atoms with Crippen molar-refractivity contribution in [2.45, 2.75) is 225 Å². The van der Waals surface area contributed by atoms with Crippen LogP contribution in [0.5, 0.6) is 0 Å². The van der Waals surface area contributed by atoms with Gasteiger partial charge in [-0.2, -0.15) is 0 Å². The van der Waals surface area contributed by atoms with Crippen molar-refractivity contribution in [3.05, 3.63) is 159 Å². The summed E-state index contributed by atoms with van der Waals surface area (Å²) in [6.07, 6.45) is 9.73. The minimum atomic E-state index is -0.336. The number of rotatable bonds is 3. The van der Waals surface area contributed by atoms with E-state index in [2.05, 4.69) is 249 Å². The Hall–Kier alpha value is -5.48. The van der Waals surface area contributed by atoms with Crippen LogP contribution in [0.2, 0.25) is 0 Å². The van der Waals surface area contributed by atoms with Gasteiger partial charge in [0.15, 0.2) is 0 Å². The summed E-state index contributed by atoms with van der Waals surface area (Å²) < 4.78 is 0. The summed E-state index contributed by atoms with van der Waals surface area (Å²) >= 11 is 0. The summed E-state index contributed by atoms with van der Waals surface area (Å²) in [6, 6.07) is 45.0. The molecule has 4 heterocycles. The first-order chi connectivity index (χ1) is 35.9. The maximum Gasteiger partial charge on any atom is 0.252 e. The van der Waals surface area contributed by atoms with E-state index >= 15 is 0 Å². The smallest absolute Gasteiger partial charge is 0.252 e. The highest BCUT2D eigenvalue weighted by molar-refractivity contribution is 7.03. The lowest BCUT2D eigenvalue weighted by atomic mass is 9.32. The van der Waals surface area contributed by atoms with E-state index in [-0.39, 0.29) is 55.7 Å². The number of anilines is 6. The van der Waals surface area contributed by atoms with Gasteiger partial charge in [0.25, 0.3) is 6.71 Å². The highest BCUT2D eigenvalue weighted by Crippen LogP contribution is 2.67. The van der Waals surface area contributed by atoms with Crippen LogP contribution in [0, 0.1) is 0 Å². The van der Waals surface area contributed by atoms with E-state index < -0.39 is 0 Å². The zero-order chi connectivity index (χ0) is 54.7. The van der Waals surface area contributed by atoms with Crippen LogP contribution in [-0.4, -0.2) is 17.8 Å². The Balaban J connectivity index is 1.22. The lowest BCUT2D eigenvalue weighted by Crippen LogP contribution is -2.61. The quantitative estimate of drug-likeness (QED) is 0.164. The third-order valence-electron chi connectivity index (χ3n) is 21.9. The van der Waals surface area contributed by atoms with E-state index in [4.69, 9.17) is 0 Å². The first kappa shape index (κ1) is 51.0. The summed E-state index contributed by atoms with van der Waals surface area (Å²) in [6.45, 7) is 44.6. The van der Waals surface area contributed by atoms with Crippen LogP contribution in [0.15, 0.2) is 115 Å². The van der Waals surface area contributed by atoms with E-state index in [9.17, 15) is 0 Å². The van der Waals surface area contributed by atoms with Crippen LogP contribution in [-0.2, 0) is 37.9 Å². The van der Waals surface area contributed by atoms with Gasteiger partial charge in [0.1, 0.15) is 0 Å². The lowest BCUT2D eigenvalue weighted by molar-refractivity contribution is 0.194. The molecular weight excluding hydrogens is 930 g/mol. The molecule has 2 fully saturated rings. The molecule has 4 aliphatic heterocycles. The predicted octanol–water partition coefficient (Wildman–Crippen LogP) is 18.3. The molecule has 0 radical (unpaired) electrons. The third-order valence-corrected chi connectivity index (χ3v) is 21.9. The van der Waals surface area contributed by atoms with Crippen LogP contribution >= 0.6 is 0 Å². The SMILES string of the molecule is CC(C)(C)c1ccc2c(c1)C1=C(N(c3ccc(C(C)(C)C)cc3-c3ccccc3)c3cc(N4c5ccc(C(C)(C)C)cc5C5(C)CCCCC45C)cc4c3B1c1cc(C(C)(C)C)cc3c1N4C1(C)CCCCC31C)C2(C)C. The second kappa shape index (κ2) is 15.9. The molecule has 0 amide bonds. The molecule has 398 valence electrons. The highest BCUT2D eigenvalue weighted by atomic mass is 15.3. The Bertz CT molecular complexity index is 3530. The molecule has 7 aliphatic rings. The van der Waals surface area contributed by atoms with Gasteiger partial charge < -0.3 is 14.7 Å². The molecule has 0 N–H and O–H groups in total. The topological polar surface area (TPSA) is 9.72 Å². The number of allylic oxidation sites excluding steroid dienone is 1. The normalized spacial score (nSPS) is 25.8. The van der Waals surface area contributed by atoms with Crippen molar-refractivity contribution in [3.63, 3.8) is 0 Å². The first-order valence-corrected chi connectivity index (χ1v) is 30.0. The molecule has 3 aliphatic carbocycles. The number of hydrogen-bond donors (Lipinski definition) is 0. The van der Waals surface area contributed by atoms with Crippen molar-refractivity contribution in [2.75, 3.05) is 14.7 Å². The van der Waals surface area contributed by atoms with E-state index in [0.717, 1.165) is 6.42 Å². The molecule has 6 aromatic carbocycles. The molecule has 3 nitrogen and oxygen atoms in total. The van der Waals surface area contributed by atoms with Crippen LogP contribution < -0.4 is 25.6 Å². The second-order valence-corrected chi connectivity index (χ2v) is 30.9. The van der Waals surface area contributed by atoms with Gasteiger partial charge in [0, 0.05) is 55.9 Å². The Kier molecular flexibility index (Phi) is 10.5. The van der Waals surface area contributed by atoms with Crippen molar-refractivity contribution in [2.24, 2.45) is 0 Å². The van der Waals surface area contributed by atoms with Gasteiger partial charge in [0.2, 0.25) is 0 Å². The third kappa shape index (κ3) is 6.75. The van der Waals surface area contributed by atoms with Gasteiger partial charge >= 0.3 is 0 Å². The van der Waals surface area contributed by atoms with Gasteiger partial charge in [-0.3, -0.25) is 0 Å². The molecule has 77 heavy (non-hydrogen) atoms. The summed E-state index contributed by atoms with van der Waals surface area (Å²) in [5, 5.41) is 0. The Labute approximate surface area is 465 Å². The van der Waals surface area contributed by atoms with Gasteiger partial charge in [0.05, 0.1) is 16.8 Å². The minimum absolute atomic E-state index is 0.0132. The summed E-state index contributed by atoms with van der Waals surface area (Å²) in [5.41, 5.74) is 27.8. The average Bonchev–Trinajstić information content (AvgIpc) is 4.09. The highest BCUT2D eigenvalue weighted by Gasteiger charge is 2.64. The van der Waals surface area contributed by atoms with Crippen molar-refractivity contribution < 1.29 is 0 Å². The zero-order valence-corrected chi connectivity index (χ0v) is 50.5. The van der Waals surface area contributed by atoms with E-state index in [0.29, 0.717) is 0 Å². The molecule has 0 aromatic heterocycles. The fourth-order valence-corrected chi connectivity index (χ4v) is 16.8. The summed E-state index contributed by atoms with van der Waals surface area (Å²) in [5.74, 6) is 0. The zero-order valence-electron chi connectivity index (χ0n) is 50.5. The van der Waals surface area contributed by atoms with E-state index in [1.807, 2.05) is 0 Å². The van der Waals surface area contributed by atoms with Crippen molar-refractivity contribution in [3.8, 4) is 11.1 Å². The monoisotopic (exact) mass is 1020 g/mol. The molecule has 4 unspecified atom stereocenters. The van der Waals surface area contributed by atoms with Crippen molar-refractivity contribution >= 4 is 57.2 Å². The maximum atomic E-state index is 3.00. The maximum absolute atomic E-state index is 3.00. The first-order valence-electron chi connectivity index (χ1n) is 30.0. The van der Waals surface area contributed by atoms with Gasteiger partial charge in [-0.25, -0.2) is 0 Å². The van der Waals surface area contributed by atoms with Gasteiger partial charge in [-0.15, -0.1) is 0 Å². The number of hydrogen-bond acceptors (Lipinski definition) is 3. The predicted molar refractivity (Wildman–Crippen MR) is 332 cm³/mol. The van der Waals surface area contributed by atoms with E-state index in [1.165, 1.54) is 146 Å². The molecule has 4 heteroatoms. The van der Waals surface area contributed by atoms with Crippen LogP contribution in [0.25, 0.3) is 16.6 Å². The van der Waals surface area contributed by atoms with Crippen molar-refractivity contribution in [1.82, 2.24) is 0 Å². The number of benzene rings is 6. The number of nitrogens with zero attached hydrogens (tertiary/aromatic N) is 3. The fraction of sp³-hybridized carbons (Fsp3) is 0.479. The standard InChI is InChI=1S/C73H88BN3/c1-65(2,3)46-28-31-53-52(39-46)61-64(69(53,13)14)75(57-32-29-47(66(4,5)6)38-51(57)45-26-20-19-21-27-45)59-43-50(76-58-33-30-48(67(7,8)9)40-54(58)70(15)34-22-24-36-72(70,76)17)44-60-62(59)74(61)56-42-49(68(10,11)12)41-55-63(56)77(60)73(18)37-25-23-35-71(55,73)16/h19-21,26-33,38-44H,22-25,34-37H2,1-18H3. The van der Waals surface area contributed by atoms with Crippen LogP contribution in [0.3, 0.4) is 0 Å². The fourth-order valence-electron chi connectivity index (χ4n) is 16.8. The molecule has 0 saturated heterocycles. The van der Waals surface area contributed by atoms with Crippen LogP contribution in [0.4, 0.5) is 34.1 Å². The Morgan fingerprint density at radius 3 is 1.55 bits per heavy atom. The Morgan fingerprint density at radius 2 is 0.935 bits per heavy atom. The molecule has 13 rings (SSSR count). The van der Waals surface area contributed by atoms with Gasteiger partial charge in [-0.05, 0) is 158 Å². The molecule has 6 aromatic rings. The van der Waals surface area contributed by atoms with Crippen LogP contribution in [0.1, 0.15) is 221 Å².